The summed E-state index contributed by atoms with van der Waals surface area (Å²) in [5.41, 5.74) is 1.10. The molecule has 1 aromatic carbocycles. The summed E-state index contributed by atoms with van der Waals surface area (Å²) in [6.45, 7) is 0.719. The highest BCUT2D eigenvalue weighted by Gasteiger charge is 2.31. The van der Waals surface area contributed by atoms with Gasteiger partial charge in [0, 0.05) is 22.5 Å². The topological polar surface area (TPSA) is 42.7 Å². The third-order valence-corrected chi connectivity index (χ3v) is 4.36. The number of hydrogen-bond donors (Lipinski definition) is 0. The molecule has 0 radical (unpaired) electrons. The van der Waals surface area contributed by atoms with Gasteiger partial charge in [-0.15, -0.1) is 24.5 Å². The lowest BCUT2D eigenvalue weighted by atomic mass is 10.1. The largest absolute Gasteiger partial charge is 0.573 e. The van der Waals surface area contributed by atoms with Crippen molar-refractivity contribution in [3.63, 3.8) is 0 Å². The Kier molecular flexibility index (Phi) is 5.32. The molecule has 0 aliphatic carbocycles. The Labute approximate surface area is 151 Å². The Hall–Kier alpha value is -2.74. The lowest BCUT2D eigenvalue weighted by molar-refractivity contribution is -0.274. The predicted molar refractivity (Wildman–Crippen MR) is 89.7 cm³/mol. The Bertz CT molecular complexity index is 791. The molecule has 0 bridgehead atoms. The first kappa shape index (κ1) is 18.1. The number of ether oxygens (including phenoxy) is 1. The minimum absolute atomic E-state index is 0.277. The van der Waals surface area contributed by atoms with Crippen molar-refractivity contribution in [1.82, 2.24) is 4.90 Å². The molecule has 0 saturated heterocycles. The first-order valence-electron chi connectivity index (χ1n) is 7.59. The molecular formula is C18H14F3NO3S. The summed E-state index contributed by atoms with van der Waals surface area (Å²) < 4.78 is 45.6. The fraction of sp³-hybridized carbons (Fsp3) is 0.167. The van der Waals surface area contributed by atoms with E-state index >= 15 is 0 Å². The van der Waals surface area contributed by atoms with Gasteiger partial charge in [-0.05, 0) is 41.8 Å². The van der Waals surface area contributed by atoms with E-state index in [1.165, 1.54) is 29.7 Å². The van der Waals surface area contributed by atoms with Crippen LogP contribution >= 0.6 is 11.3 Å². The Morgan fingerprint density at radius 1 is 1.12 bits per heavy atom. The van der Waals surface area contributed by atoms with E-state index < -0.39 is 6.36 Å². The molecule has 8 heteroatoms. The van der Waals surface area contributed by atoms with Crippen molar-refractivity contribution in [2.24, 2.45) is 0 Å². The van der Waals surface area contributed by atoms with Gasteiger partial charge in [-0.2, -0.15) is 0 Å². The van der Waals surface area contributed by atoms with Crippen LogP contribution < -0.4 is 4.74 Å². The van der Waals surface area contributed by atoms with Crippen LogP contribution in [0.25, 0.3) is 0 Å². The van der Waals surface area contributed by atoms with E-state index in [0.717, 1.165) is 22.6 Å². The lowest BCUT2D eigenvalue weighted by Gasteiger charge is -2.22. The normalized spacial score (nSPS) is 11.3. The van der Waals surface area contributed by atoms with Crippen LogP contribution in [-0.2, 0) is 13.1 Å². The van der Waals surface area contributed by atoms with Crippen molar-refractivity contribution in [2.45, 2.75) is 19.5 Å². The van der Waals surface area contributed by atoms with Crippen LogP contribution in [-0.4, -0.2) is 17.2 Å². The highest BCUT2D eigenvalue weighted by molar-refractivity contribution is 7.09. The zero-order chi connectivity index (χ0) is 18.6. The van der Waals surface area contributed by atoms with E-state index in [2.05, 4.69) is 4.74 Å². The number of nitrogens with zero attached hydrogens (tertiary/aromatic N) is 1. The lowest BCUT2D eigenvalue weighted by Crippen LogP contribution is -2.29. The van der Waals surface area contributed by atoms with Gasteiger partial charge < -0.3 is 14.1 Å². The van der Waals surface area contributed by atoms with Gasteiger partial charge in [-0.1, -0.05) is 6.07 Å². The third-order valence-electron chi connectivity index (χ3n) is 3.50. The van der Waals surface area contributed by atoms with Crippen LogP contribution in [0.2, 0.25) is 0 Å². The zero-order valence-electron chi connectivity index (χ0n) is 13.4. The van der Waals surface area contributed by atoms with Crippen LogP contribution in [0.5, 0.6) is 5.75 Å². The maximum Gasteiger partial charge on any atom is 0.573 e. The third kappa shape index (κ3) is 4.89. The van der Waals surface area contributed by atoms with Crippen LogP contribution in [0, 0.1) is 0 Å². The minimum atomic E-state index is -4.77. The van der Waals surface area contributed by atoms with Gasteiger partial charge in [-0.25, -0.2) is 0 Å². The molecule has 4 nitrogen and oxygen atoms in total. The van der Waals surface area contributed by atoms with Crippen LogP contribution in [0.1, 0.15) is 20.8 Å². The molecule has 3 rings (SSSR count). The van der Waals surface area contributed by atoms with Gasteiger partial charge in [0.25, 0.3) is 5.91 Å². The van der Waals surface area contributed by atoms with Crippen molar-refractivity contribution < 1.29 is 27.1 Å². The van der Waals surface area contributed by atoms with E-state index in [0.29, 0.717) is 13.1 Å². The molecule has 2 aromatic heterocycles. The van der Waals surface area contributed by atoms with Gasteiger partial charge in [0.15, 0.2) is 0 Å². The number of benzene rings is 1. The van der Waals surface area contributed by atoms with E-state index in [1.807, 2.05) is 17.5 Å². The average Bonchev–Trinajstić information content (AvgIpc) is 3.27. The second-order valence-electron chi connectivity index (χ2n) is 5.44. The number of amides is 1. The fourth-order valence-corrected chi connectivity index (χ4v) is 3.09. The summed E-state index contributed by atoms with van der Waals surface area (Å²) >= 11 is 1.52. The predicted octanol–water partition coefficient (Wildman–Crippen LogP) is 5.08. The molecule has 0 fully saturated rings. The van der Waals surface area contributed by atoms with Crippen LogP contribution in [0.3, 0.4) is 0 Å². The molecule has 0 unspecified atom stereocenters. The van der Waals surface area contributed by atoms with Crippen molar-refractivity contribution in [3.8, 4) is 5.75 Å². The van der Waals surface area contributed by atoms with E-state index in [4.69, 9.17) is 4.42 Å². The number of halogens is 3. The van der Waals surface area contributed by atoms with Crippen molar-refractivity contribution in [2.75, 3.05) is 0 Å². The van der Waals surface area contributed by atoms with Crippen LogP contribution in [0.15, 0.2) is 64.8 Å². The number of carbonyl (C=O) groups is 1. The van der Waals surface area contributed by atoms with Gasteiger partial charge in [-0.3, -0.25) is 4.79 Å². The Morgan fingerprint density at radius 2 is 1.88 bits per heavy atom. The summed E-state index contributed by atoms with van der Waals surface area (Å²) in [7, 11) is 0. The number of furan rings is 1. The molecule has 0 aliphatic heterocycles. The van der Waals surface area contributed by atoms with E-state index in [1.54, 1.807) is 17.2 Å². The zero-order valence-corrected chi connectivity index (χ0v) is 14.2. The van der Waals surface area contributed by atoms with E-state index in [9.17, 15) is 18.0 Å². The molecule has 3 aromatic rings. The van der Waals surface area contributed by atoms with Gasteiger partial charge in [0.2, 0.25) is 0 Å². The number of thiophene rings is 1. The molecule has 0 saturated carbocycles. The van der Waals surface area contributed by atoms with Crippen molar-refractivity contribution in [1.29, 1.82) is 0 Å². The first-order chi connectivity index (χ1) is 12.4. The Morgan fingerprint density at radius 3 is 2.46 bits per heavy atom. The standard InChI is InChI=1S/C18H14F3NO3S/c19-18(20,21)25-15-5-3-14(4-6-15)17(23)22(10-13-7-8-24-12-13)11-16-2-1-9-26-16/h1-9,12H,10-11H2. The number of hydrogen-bond acceptors (Lipinski definition) is 4. The second kappa shape index (κ2) is 7.65. The molecular weight excluding hydrogens is 367 g/mol. The molecule has 0 aliphatic rings. The quantitative estimate of drug-likeness (QED) is 0.598. The Balaban J connectivity index is 1.77. The van der Waals surface area contributed by atoms with Crippen molar-refractivity contribution >= 4 is 17.2 Å². The van der Waals surface area contributed by atoms with Gasteiger partial charge >= 0.3 is 6.36 Å². The fourth-order valence-electron chi connectivity index (χ4n) is 2.37. The molecule has 136 valence electrons. The summed E-state index contributed by atoms with van der Waals surface area (Å²) in [6.07, 6.45) is -1.70. The maximum absolute atomic E-state index is 12.8. The number of alkyl halides is 3. The molecule has 26 heavy (non-hydrogen) atoms. The molecule has 0 spiro atoms. The van der Waals surface area contributed by atoms with Gasteiger partial charge in [0.05, 0.1) is 19.1 Å². The first-order valence-corrected chi connectivity index (χ1v) is 8.47. The second-order valence-corrected chi connectivity index (χ2v) is 6.48. The summed E-state index contributed by atoms with van der Waals surface area (Å²) in [6, 6.07) is 10.5. The SMILES string of the molecule is O=C(c1ccc(OC(F)(F)F)cc1)N(Cc1ccoc1)Cc1cccs1. The molecule has 2 heterocycles. The van der Waals surface area contributed by atoms with E-state index in [-0.39, 0.29) is 17.2 Å². The highest BCUT2D eigenvalue weighted by Crippen LogP contribution is 2.24. The summed E-state index contributed by atoms with van der Waals surface area (Å²) in [5.74, 6) is -0.660. The monoisotopic (exact) mass is 381 g/mol. The average molecular weight is 381 g/mol. The molecule has 0 atom stereocenters. The smallest absolute Gasteiger partial charge is 0.472 e. The van der Waals surface area contributed by atoms with Crippen LogP contribution in [0.4, 0.5) is 13.2 Å². The minimum Gasteiger partial charge on any atom is -0.472 e. The molecule has 1 amide bonds. The highest BCUT2D eigenvalue weighted by atomic mass is 32.1. The number of rotatable bonds is 6. The number of carbonyl (C=O) groups excluding carboxylic acids is 1. The molecule has 0 N–H and O–H groups in total. The van der Waals surface area contributed by atoms with Crippen molar-refractivity contribution in [3.05, 3.63) is 76.4 Å². The maximum atomic E-state index is 12.8. The summed E-state index contributed by atoms with van der Waals surface area (Å²) in [5, 5.41) is 1.92. The van der Waals surface area contributed by atoms with Gasteiger partial charge in [0.1, 0.15) is 5.75 Å². The summed E-state index contributed by atoms with van der Waals surface area (Å²) in [4.78, 5) is 15.4.